The summed E-state index contributed by atoms with van der Waals surface area (Å²) in [7, 11) is -3.58. The standard InChI is InChI=1S/C14H15ClN2O2S2/c1-9-7-13(20-14(9)15)21(18,19)17-11-4-5-12-10(8-11)3-2-6-16-12/h4-5,7-8,16-17H,2-3,6H2,1H3. The molecule has 1 aromatic carbocycles. The van der Waals surface area contributed by atoms with E-state index in [9.17, 15) is 8.42 Å². The van der Waals surface area contributed by atoms with Crippen LogP contribution in [0.1, 0.15) is 17.5 Å². The van der Waals surface area contributed by atoms with Gasteiger partial charge in [0.15, 0.2) is 0 Å². The molecule has 112 valence electrons. The van der Waals surface area contributed by atoms with Crippen molar-refractivity contribution in [3.63, 3.8) is 0 Å². The summed E-state index contributed by atoms with van der Waals surface area (Å²) in [5, 5.41) is 3.30. The Bertz CT molecular complexity index is 765. The number of rotatable bonds is 3. The van der Waals surface area contributed by atoms with Gasteiger partial charge < -0.3 is 5.32 Å². The smallest absolute Gasteiger partial charge is 0.271 e. The number of anilines is 2. The molecule has 0 atom stereocenters. The third kappa shape index (κ3) is 3.02. The minimum absolute atomic E-state index is 0.237. The molecule has 0 bridgehead atoms. The van der Waals surface area contributed by atoms with Crippen molar-refractivity contribution in [1.82, 2.24) is 0 Å². The van der Waals surface area contributed by atoms with E-state index in [0.717, 1.165) is 47.5 Å². The Hall–Kier alpha value is -1.24. The highest BCUT2D eigenvalue weighted by Crippen LogP contribution is 2.32. The van der Waals surface area contributed by atoms with Crippen LogP contribution < -0.4 is 10.0 Å². The first kappa shape index (κ1) is 14.7. The molecule has 0 spiro atoms. The van der Waals surface area contributed by atoms with Crippen molar-refractivity contribution >= 4 is 44.3 Å². The maximum atomic E-state index is 12.4. The average Bonchev–Trinajstić information content (AvgIpc) is 2.79. The molecule has 4 nitrogen and oxygen atoms in total. The molecule has 3 rings (SSSR count). The van der Waals surface area contributed by atoms with Gasteiger partial charge >= 0.3 is 0 Å². The molecule has 1 aliphatic heterocycles. The lowest BCUT2D eigenvalue weighted by molar-refractivity contribution is 0.603. The summed E-state index contributed by atoms with van der Waals surface area (Å²) in [6, 6.07) is 7.17. The molecule has 0 saturated heterocycles. The van der Waals surface area contributed by atoms with Crippen LogP contribution in [-0.2, 0) is 16.4 Å². The van der Waals surface area contributed by atoms with Crippen LogP contribution in [0, 0.1) is 6.92 Å². The molecule has 21 heavy (non-hydrogen) atoms. The second-order valence-electron chi connectivity index (χ2n) is 5.03. The van der Waals surface area contributed by atoms with Gasteiger partial charge in [-0.25, -0.2) is 8.42 Å². The number of aryl methyl sites for hydroxylation is 2. The van der Waals surface area contributed by atoms with Gasteiger partial charge in [0.1, 0.15) is 4.21 Å². The van der Waals surface area contributed by atoms with Crippen molar-refractivity contribution in [3.8, 4) is 0 Å². The predicted molar refractivity (Wildman–Crippen MR) is 88.1 cm³/mol. The number of hydrogen-bond donors (Lipinski definition) is 2. The third-order valence-electron chi connectivity index (χ3n) is 3.40. The summed E-state index contributed by atoms with van der Waals surface area (Å²) in [5.74, 6) is 0. The second-order valence-corrected chi connectivity index (χ2v) is 8.59. The lowest BCUT2D eigenvalue weighted by Crippen LogP contribution is -2.14. The van der Waals surface area contributed by atoms with Crippen LogP contribution in [0.2, 0.25) is 4.34 Å². The molecule has 7 heteroatoms. The molecule has 2 heterocycles. The molecule has 0 radical (unpaired) electrons. The molecule has 2 aromatic rings. The predicted octanol–water partition coefficient (Wildman–Crippen LogP) is 3.87. The highest BCUT2D eigenvalue weighted by molar-refractivity contribution is 7.94. The van der Waals surface area contributed by atoms with E-state index in [1.54, 1.807) is 19.1 Å². The van der Waals surface area contributed by atoms with E-state index in [-0.39, 0.29) is 4.21 Å². The Morgan fingerprint density at radius 2 is 2.14 bits per heavy atom. The maximum Gasteiger partial charge on any atom is 0.271 e. The summed E-state index contributed by atoms with van der Waals surface area (Å²) in [5.41, 5.74) is 3.58. The van der Waals surface area contributed by atoms with E-state index in [1.165, 1.54) is 0 Å². The number of sulfonamides is 1. The summed E-state index contributed by atoms with van der Waals surface area (Å²) < 4.78 is 28.1. The molecular formula is C14H15ClN2O2S2. The number of halogens is 1. The summed E-state index contributed by atoms with van der Waals surface area (Å²) in [6.45, 7) is 2.76. The molecule has 0 unspecified atom stereocenters. The highest BCUT2D eigenvalue weighted by Gasteiger charge is 2.19. The number of thiophene rings is 1. The Morgan fingerprint density at radius 1 is 1.33 bits per heavy atom. The van der Waals surface area contributed by atoms with Crippen LogP contribution in [0.4, 0.5) is 11.4 Å². The van der Waals surface area contributed by atoms with Crippen LogP contribution >= 0.6 is 22.9 Å². The quantitative estimate of drug-likeness (QED) is 0.890. The summed E-state index contributed by atoms with van der Waals surface area (Å²) in [4.78, 5) is 0. The number of nitrogens with one attached hydrogen (secondary N) is 2. The minimum Gasteiger partial charge on any atom is -0.385 e. The first-order valence-corrected chi connectivity index (χ1v) is 9.29. The van der Waals surface area contributed by atoms with Crippen LogP contribution in [0.3, 0.4) is 0 Å². The van der Waals surface area contributed by atoms with Gasteiger partial charge in [-0.2, -0.15) is 0 Å². The zero-order valence-corrected chi connectivity index (χ0v) is 13.8. The van der Waals surface area contributed by atoms with Gasteiger partial charge in [0.05, 0.1) is 4.34 Å². The molecule has 2 N–H and O–H groups in total. The van der Waals surface area contributed by atoms with Crippen molar-refractivity contribution in [1.29, 1.82) is 0 Å². The van der Waals surface area contributed by atoms with Crippen molar-refractivity contribution in [2.75, 3.05) is 16.6 Å². The average molecular weight is 343 g/mol. The highest BCUT2D eigenvalue weighted by atomic mass is 35.5. The zero-order chi connectivity index (χ0) is 15.0. The minimum atomic E-state index is -3.58. The van der Waals surface area contributed by atoms with E-state index in [1.807, 2.05) is 12.1 Å². The molecule has 0 fully saturated rings. The lowest BCUT2D eigenvalue weighted by Gasteiger charge is -2.18. The van der Waals surface area contributed by atoms with Gasteiger partial charge in [0.25, 0.3) is 10.0 Å². The third-order valence-corrected chi connectivity index (χ3v) is 6.81. The summed E-state index contributed by atoms with van der Waals surface area (Å²) in [6.07, 6.45) is 2.02. The Morgan fingerprint density at radius 3 is 2.86 bits per heavy atom. The molecule has 0 aliphatic carbocycles. The van der Waals surface area contributed by atoms with Crippen LogP contribution in [0.15, 0.2) is 28.5 Å². The van der Waals surface area contributed by atoms with Crippen LogP contribution in [0.25, 0.3) is 0 Å². The van der Waals surface area contributed by atoms with Crippen molar-refractivity contribution in [3.05, 3.63) is 39.7 Å². The monoisotopic (exact) mass is 342 g/mol. The fourth-order valence-electron chi connectivity index (χ4n) is 2.31. The van der Waals surface area contributed by atoms with Gasteiger partial charge in [-0.15, -0.1) is 11.3 Å². The largest absolute Gasteiger partial charge is 0.385 e. The van der Waals surface area contributed by atoms with Crippen LogP contribution in [-0.4, -0.2) is 15.0 Å². The first-order valence-electron chi connectivity index (χ1n) is 6.61. The molecule has 0 saturated carbocycles. The van der Waals surface area contributed by atoms with E-state index in [4.69, 9.17) is 11.6 Å². The Balaban J connectivity index is 1.88. The number of fused-ring (bicyclic) bond motifs is 1. The molecule has 1 aromatic heterocycles. The van der Waals surface area contributed by atoms with Crippen molar-refractivity contribution < 1.29 is 8.42 Å². The van der Waals surface area contributed by atoms with Gasteiger partial charge in [-0.1, -0.05) is 11.6 Å². The number of benzene rings is 1. The first-order chi connectivity index (χ1) is 9.95. The SMILES string of the molecule is Cc1cc(S(=O)(=O)Nc2ccc3c(c2)CCCN3)sc1Cl. The van der Waals surface area contributed by atoms with Gasteiger partial charge in [0, 0.05) is 17.9 Å². The fraction of sp³-hybridized carbons (Fsp3) is 0.286. The van der Waals surface area contributed by atoms with Crippen molar-refractivity contribution in [2.45, 2.75) is 24.0 Å². The van der Waals surface area contributed by atoms with E-state index in [0.29, 0.717) is 10.0 Å². The molecule has 0 amide bonds. The van der Waals surface area contributed by atoms with Crippen LogP contribution in [0.5, 0.6) is 0 Å². The molecule has 1 aliphatic rings. The normalized spacial score (nSPS) is 14.4. The van der Waals surface area contributed by atoms with Crippen molar-refractivity contribution in [2.24, 2.45) is 0 Å². The Kier molecular flexibility index (Phi) is 3.86. The second kappa shape index (κ2) is 5.51. The van der Waals surface area contributed by atoms with E-state index < -0.39 is 10.0 Å². The van der Waals surface area contributed by atoms with Gasteiger partial charge in [-0.05, 0) is 55.2 Å². The topological polar surface area (TPSA) is 58.2 Å². The van der Waals surface area contributed by atoms with E-state index >= 15 is 0 Å². The van der Waals surface area contributed by atoms with E-state index in [2.05, 4.69) is 10.0 Å². The fourth-order valence-corrected chi connectivity index (χ4v) is 5.07. The number of hydrogen-bond acceptors (Lipinski definition) is 4. The van der Waals surface area contributed by atoms with Gasteiger partial charge in [0.2, 0.25) is 0 Å². The maximum absolute atomic E-state index is 12.4. The van der Waals surface area contributed by atoms with Gasteiger partial charge in [-0.3, -0.25) is 4.72 Å². The lowest BCUT2D eigenvalue weighted by atomic mass is 10.0. The zero-order valence-electron chi connectivity index (χ0n) is 11.4. The summed E-state index contributed by atoms with van der Waals surface area (Å²) >= 11 is 7.02. The molecular weight excluding hydrogens is 328 g/mol. The Labute approximate surface area is 133 Å².